The first kappa shape index (κ1) is 20.8. The fourth-order valence-electron chi connectivity index (χ4n) is 2.87. The molecule has 0 aliphatic rings. The van der Waals surface area contributed by atoms with Gasteiger partial charge in [0.25, 0.3) is 0 Å². The molecule has 1 atom stereocenters. The molecule has 2 aromatic carbocycles. The SMILES string of the molecule is CCCCCCCC(CC)C(=O)Oc1ccc(N=Nc2ccccc2)cc1. The minimum Gasteiger partial charge on any atom is -0.426 e. The lowest BCUT2D eigenvalue weighted by atomic mass is 9.98. The Hall–Kier alpha value is -2.49. The van der Waals surface area contributed by atoms with E-state index < -0.39 is 0 Å². The normalized spacial score (nSPS) is 12.2. The van der Waals surface area contributed by atoms with Crippen molar-refractivity contribution >= 4 is 17.3 Å². The van der Waals surface area contributed by atoms with Gasteiger partial charge in [0.1, 0.15) is 5.75 Å². The topological polar surface area (TPSA) is 51.0 Å². The second-order valence-corrected chi connectivity index (χ2v) is 6.76. The number of rotatable bonds is 11. The van der Waals surface area contributed by atoms with Crippen molar-refractivity contribution in [1.82, 2.24) is 0 Å². The second-order valence-electron chi connectivity index (χ2n) is 6.76. The smallest absolute Gasteiger partial charge is 0.314 e. The van der Waals surface area contributed by atoms with Gasteiger partial charge in [0.15, 0.2) is 0 Å². The van der Waals surface area contributed by atoms with Gasteiger partial charge in [0.2, 0.25) is 0 Å². The Morgan fingerprint density at radius 3 is 2.11 bits per heavy atom. The molecule has 1 unspecified atom stereocenters. The van der Waals surface area contributed by atoms with Gasteiger partial charge in [0.05, 0.1) is 17.3 Å². The molecule has 4 heteroatoms. The summed E-state index contributed by atoms with van der Waals surface area (Å²) in [4.78, 5) is 12.4. The summed E-state index contributed by atoms with van der Waals surface area (Å²) >= 11 is 0. The summed E-state index contributed by atoms with van der Waals surface area (Å²) in [7, 11) is 0. The van der Waals surface area contributed by atoms with E-state index >= 15 is 0 Å². The molecule has 0 N–H and O–H groups in total. The highest BCUT2D eigenvalue weighted by molar-refractivity contribution is 5.75. The van der Waals surface area contributed by atoms with Crippen molar-refractivity contribution < 1.29 is 9.53 Å². The van der Waals surface area contributed by atoms with E-state index in [1.165, 1.54) is 25.7 Å². The van der Waals surface area contributed by atoms with Crippen LogP contribution < -0.4 is 4.74 Å². The molecule has 27 heavy (non-hydrogen) atoms. The maximum Gasteiger partial charge on any atom is 0.314 e. The molecule has 2 rings (SSSR count). The van der Waals surface area contributed by atoms with Crippen LogP contribution in [0.3, 0.4) is 0 Å². The highest BCUT2D eigenvalue weighted by Crippen LogP contribution is 2.23. The molecule has 0 amide bonds. The van der Waals surface area contributed by atoms with Crippen molar-refractivity contribution in [2.75, 3.05) is 0 Å². The van der Waals surface area contributed by atoms with Crippen LogP contribution in [0.4, 0.5) is 11.4 Å². The maximum absolute atomic E-state index is 12.4. The summed E-state index contributed by atoms with van der Waals surface area (Å²) in [6.45, 7) is 4.26. The van der Waals surface area contributed by atoms with Crippen molar-refractivity contribution in [3.63, 3.8) is 0 Å². The maximum atomic E-state index is 12.4. The molecule has 0 fully saturated rings. The van der Waals surface area contributed by atoms with E-state index in [-0.39, 0.29) is 11.9 Å². The van der Waals surface area contributed by atoms with Crippen LogP contribution in [0.1, 0.15) is 58.8 Å². The number of carbonyl (C=O) groups is 1. The highest BCUT2D eigenvalue weighted by atomic mass is 16.5. The van der Waals surface area contributed by atoms with Crippen LogP contribution in [0, 0.1) is 5.92 Å². The first-order valence-corrected chi connectivity index (χ1v) is 10.0. The Morgan fingerprint density at radius 2 is 1.48 bits per heavy atom. The van der Waals surface area contributed by atoms with E-state index in [0.717, 1.165) is 30.6 Å². The monoisotopic (exact) mass is 366 g/mol. The van der Waals surface area contributed by atoms with E-state index in [1.807, 2.05) is 37.3 Å². The van der Waals surface area contributed by atoms with E-state index in [9.17, 15) is 4.79 Å². The van der Waals surface area contributed by atoms with Gasteiger partial charge >= 0.3 is 5.97 Å². The summed E-state index contributed by atoms with van der Waals surface area (Å²) < 4.78 is 5.55. The molecule has 0 saturated carbocycles. The van der Waals surface area contributed by atoms with Gasteiger partial charge in [-0.1, -0.05) is 64.2 Å². The van der Waals surface area contributed by atoms with Crippen LogP contribution in [-0.2, 0) is 4.79 Å². The van der Waals surface area contributed by atoms with Crippen molar-refractivity contribution in [3.8, 4) is 5.75 Å². The zero-order valence-electron chi connectivity index (χ0n) is 16.4. The first-order chi connectivity index (χ1) is 13.2. The molecule has 0 aliphatic heterocycles. The number of benzene rings is 2. The van der Waals surface area contributed by atoms with Gasteiger partial charge in [-0.2, -0.15) is 10.2 Å². The second kappa shape index (κ2) is 12.0. The predicted octanol–water partition coefficient (Wildman–Crippen LogP) is 7.39. The fourth-order valence-corrected chi connectivity index (χ4v) is 2.87. The van der Waals surface area contributed by atoms with Gasteiger partial charge in [-0.25, -0.2) is 0 Å². The summed E-state index contributed by atoms with van der Waals surface area (Å²) in [6.07, 6.45) is 7.76. The third-order valence-corrected chi connectivity index (χ3v) is 4.57. The van der Waals surface area contributed by atoms with E-state index in [2.05, 4.69) is 17.2 Å². The molecular formula is C23H30N2O2. The fraction of sp³-hybridized carbons (Fsp3) is 0.435. The molecule has 0 aliphatic carbocycles. The minimum atomic E-state index is -0.133. The lowest BCUT2D eigenvalue weighted by molar-refractivity contribution is -0.139. The molecule has 4 nitrogen and oxygen atoms in total. The number of azo groups is 1. The Balaban J connectivity index is 1.83. The third kappa shape index (κ3) is 7.73. The number of unbranched alkanes of at least 4 members (excludes halogenated alkanes) is 4. The van der Waals surface area contributed by atoms with Crippen LogP contribution in [0.2, 0.25) is 0 Å². The van der Waals surface area contributed by atoms with Gasteiger partial charge in [0, 0.05) is 0 Å². The van der Waals surface area contributed by atoms with E-state index in [4.69, 9.17) is 4.74 Å². The molecule has 0 spiro atoms. The molecule has 0 saturated heterocycles. The number of ether oxygens (including phenoxy) is 1. The van der Waals surface area contributed by atoms with Crippen molar-refractivity contribution in [3.05, 3.63) is 54.6 Å². The third-order valence-electron chi connectivity index (χ3n) is 4.57. The standard InChI is InChI=1S/C23H30N2O2/c1-3-5-6-7-9-12-19(4-2)23(26)27-22-17-15-21(16-18-22)25-24-20-13-10-8-11-14-20/h8,10-11,13-19H,3-7,9,12H2,1-2H3. The Morgan fingerprint density at radius 1 is 0.852 bits per heavy atom. The number of nitrogens with zero attached hydrogens (tertiary/aromatic N) is 2. The number of hydrogen-bond donors (Lipinski definition) is 0. The van der Waals surface area contributed by atoms with Crippen molar-refractivity contribution in [2.24, 2.45) is 16.1 Å². The summed E-state index contributed by atoms with van der Waals surface area (Å²) in [5.41, 5.74) is 1.53. The lowest BCUT2D eigenvalue weighted by Crippen LogP contribution is -2.20. The molecule has 0 aromatic heterocycles. The number of carbonyl (C=O) groups excluding carboxylic acids is 1. The average Bonchev–Trinajstić information content (AvgIpc) is 2.71. The summed E-state index contributed by atoms with van der Waals surface area (Å²) in [6, 6.07) is 16.7. The lowest BCUT2D eigenvalue weighted by Gasteiger charge is -2.14. The van der Waals surface area contributed by atoms with Crippen LogP contribution in [0.25, 0.3) is 0 Å². The number of hydrogen-bond acceptors (Lipinski definition) is 4. The van der Waals surface area contributed by atoms with E-state index in [1.54, 1.807) is 24.3 Å². The van der Waals surface area contributed by atoms with Gasteiger partial charge in [-0.15, -0.1) is 0 Å². The Labute approximate surface area is 162 Å². The molecule has 0 bridgehead atoms. The number of esters is 1. The zero-order chi connectivity index (χ0) is 19.3. The van der Waals surface area contributed by atoms with Gasteiger partial charge < -0.3 is 4.74 Å². The van der Waals surface area contributed by atoms with Crippen molar-refractivity contribution in [2.45, 2.75) is 58.8 Å². The molecule has 0 heterocycles. The predicted molar refractivity (Wildman–Crippen MR) is 110 cm³/mol. The largest absolute Gasteiger partial charge is 0.426 e. The van der Waals surface area contributed by atoms with Crippen molar-refractivity contribution in [1.29, 1.82) is 0 Å². The zero-order valence-corrected chi connectivity index (χ0v) is 16.4. The Kier molecular flexibility index (Phi) is 9.25. The quantitative estimate of drug-likeness (QED) is 0.180. The molecule has 144 valence electrons. The molecule has 0 radical (unpaired) electrons. The van der Waals surface area contributed by atoms with Crippen LogP contribution >= 0.6 is 0 Å². The average molecular weight is 367 g/mol. The molecular weight excluding hydrogens is 336 g/mol. The van der Waals surface area contributed by atoms with Crippen LogP contribution in [-0.4, -0.2) is 5.97 Å². The van der Waals surface area contributed by atoms with Gasteiger partial charge in [-0.3, -0.25) is 4.79 Å². The van der Waals surface area contributed by atoms with Crippen LogP contribution in [0.5, 0.6) is 5.75 Å². The Bertz CT molecular complexity index is 696. The van der Waals surface area contributed by atoms with E-state index in [0.29, 0.717) is 5.75 Å². The molecule has 2 aromatic rings. The highest BCUT2D eigenvalue weighted by Gasteiger charge is 2.18. The first-order valence-electron chi connectivity index (χ1n) is 10.0. The summed E-state index contributed by atoms with van der Waals surface area (Å²) in [5.74, 6) is 0.402. The minimum absolute atomic E-state index is 0.0240. The van der Waals surface area contributed by atoms with Gasteiger partial charge in [-0.05, 0) is 49.2 Å². The van der Waals surface area contributed by atoms with Crippen LogP contribution in [0.15, 0.2) is 64.8 Å². The summed E-state index contributed by atoms with van der Waals surface area (Å²) in [5, 5.41) is 8.38.